The molecule has 19 heavy (non-hydrogen) atoms. The lowest BCUT2D eigenvalue weighted by molar-refractivity contribution is -0.137. The van der Waals surface area contributed by atoms with Gasteiger partial charge < -0.3 is 21.1 Å². The molecule has 0 spiro atoms. The average Bonchev–Trinajstić information content (AvgIpc) is 2.30. The fraction of sp³-hybridized carbons (Fsp3) is 0.750. The zero-order valence-electron chi connectivity index (χ0n) is 11.1. The summed E-state index contributed by atoms with van der Waals surface area (Å²) >= 11 is 0. The van der Waals surface area contributed by atoms with Gasteiger partial charge in [-0.3, -0.25) is 9.59 Å². The standard InChI is InChI=1S/C12H21N3O4/c1-8-2-4-9(5-3-8)14-12(19)15(6-10(13)16)7-11(17)18/h8-9H,2-7H2,1H3,(H2,13,16)(H,14,19)(H,17,18). The number of carbonyl (C=O) groups is 3. The van der Waals surface area contributed by atoms with E-state index in [1.807, 2.05) is 0 Å². The van der Waals surface area contributed by atoms with Crippen LogP contribution in [0.25, 0.3) is 0 Å². The van der Waals surface area contributed by atoms with E-state index in [1.54, 1.807) is 0 Å². The zero-order valence-corrected chi connectivity index (χ0v) is 11.1. The van der Waals surface area contributed by atoms with E-state index in [9.17, 15) is 14.4 Å². The number of hydrogen-bond acceptors (Lipinski definition) is 3. The Morgan fingerprint density at radius 3 is 2.26 bits per heavy atom. The molecule has 0 aromatic heterocycles. The van der Waals surface area contributed by atoms with Crippen molar-refractivity contribution in [2.24, 2.45) is 11.7 Å². The summed E-state index contributed by atoms with van der Waals surface area (Å²) in [6.07, 6.45) is 3.84. The lowest BCUT2D eigenvalue weighted by Crippen LogP contribution is -2.50. The number of nitrogens with two attached hydrogens (primary N) is 1. The van der Waals surface area contributed by atoms with Crippen molar-refractivity contribution in [1.29, 1.82) is 0 Å². The molecule has 3 amide bonds. The first-order valence-electron chi connectivity index (χ1n) is 6.44. The summed E-state index contributed by atoms with van der Waals surface area (Å²) in [5, 5.41) is 11.5. The first-order chi connectivity index (χ1) is 8.88. The number of nitrogens with zero attached hydrogens (tertiary/aromatic N) is 1. The van der Waals surface area contributed by atoms with Crippen LogP contribution in [0.3, 0.4) is 0 Å². The van der Waals surface area contributed by atoms with Gasteiger partial charge in [0.05, 0.1) is 0 Å². The van der Waals surface area contributed by atoms with Gasteiger partial charge in [-0.1, -0.05) is 6.92 Å². The molecular formula is C12H21N3O4. The van der Waals surface area contributed by atoms with E-state index in [0.717, 1.165) is 30.6 Å². The Morgan fingerprint density at radius 2 is 1.79 bits per heavy atom. The second-order valence-corrected chi connectivity index (χ2v) is 5.12. The third-order valence-corrected chi connectivity index (χ3v) is 3.30. The number of carboxylic acids is 1. The molecule has 0 aromatic carbocycles. The van der Waals surface area contributed by atoms with Crippen molar-refractivity contribution in [3.63, 3.8) is 0 Å². The van der Waals surface area contributed by atoms with Crippen molar-refractivity contribution < 1.29 is 19.5 Å². The summed E-state index contributed by atoms with van der Waals surface area (Å²) in [6.45, 7) is 1.25. The predicted octanol–water partition coefficient (Wildman–Crippen LogP) is 0.147. The SMILES string of the molecule is CC1CCC(NC(=O)N(CC(N)=O)CC(=O)O)CC1. The second-order valence-electron chi connectivity index (χ2n) is 5.12. The van der Waals surface area contributed by atoms with Gasteiger partial charge >= 0.3 is 12.0 Å². The van der Waals surface area contributed by atoms with Crippen molar-refractivity contribution in [3.8, 4) is 0 Å². The molecule has 1 rings (SSSR count). The summed E-state index contributed by atoms with van der Waals surface area (Å²) in [4.78, 5) is 34.3. The van der Waals surface area contributed by atoms with Crippen LogP contribution < -0.4 is 11.1 Å². The predicted molar refractivity (Wildman–Crippen MR) is 68.4 cm³/mol. The Morgan fingerprint density at radius 1 is 1.21 bits per heavy atom. The minimum absolute atomic E-state index is 0.0490. The third-order valence-electron chi connectivity index (χ3n) is 3.30. The number of carboxylic acid groups (broad SMARTS) is 1. The molecule has 4 N–H and O–H groups in total. The minimum atomic E-state index is -1.17. The van der Waals surface area contributed by atoms with Crippen LogP contribution in [0.1, 0.15) is 32.6 Å². The maximum Gasteiger partial charge on any atom is 0.323 e. The van der Waals surface area contributed by atoms with Gasteiger partial charge in [-0.15, -0.1) is 0 Å². The Kier molecular flexibility index (Phi) is 5.59. The van der Waals surface area contributed by atoms with Gasteiger partial charge in [-0.25, -0.2) is 4.79 Å². The van der Waals surface area contributed by atoms with Gasteiger partial charge in [0, 0.05) is 6.04 Å². The van der Waals surface area contributed by atoms with Crippen LogP contribution >= 0.6 is 0 Å². The van der Waals surface area contributed by atoms with Crippen LogP contribution in [-0.4, -0.2) is 47.0 Å². The van der Waals surface area contributed by atoms with Crippen molar-refractivity contribution in [1.82, 2.24) is 10.2 Å². The molecule has 1 aliphatic carbocycles. The molecule has 7 nitrogen and oxygen atoms in total. The molecule has 0 aromatic rings. The van der Waals surface area contributed by atoms with E-state index in [0.29, 0.717) is 5.92 Å². The molecule has 0 heterocycles. The van der Waals surface area contributed by atoms with Crippen LogP contribution in [0.2, 0.25) is 0 Å². The first kappa shape index (κ1) is 15.3. The Hall–Kier alpha value is -1.79. The summed E-state index contributed by atoms with van der Waals surface area (Å²) in [6, 6.07) is -0.492. The van der Waals surface area contributed by atoms with Gasteiger partial charge in [0.2, 0.25) is 5.91 Å². The van der Waals surface area contributed by atoms with Crippen LogP contribution in [0.15, 0.2) is 0 Å². The lowest BCUT2D eigenvalue weighted by atomic mass is 9.87. The zero-order chi connectivity index (χ0) is 14.4. The van der Waals surface area contributed by atoms with Gasteiger partial charge in [0.1, 0.15) is 13.1 Å². The normalized spacial score (nSPS) is 22.6. The number of urea groups is 1. The van der Waals surface area contributed by atoms with Crippen LogP contribution in [-0.2, 0) is 9.59 Å². The van der Waals surface area contributed by atoms with E-state index in [1.165, 1.54) is 0 Å². The molecule has 7 heteroatoms. The number of aliphatic carboxylic acids is 1. The summed E-state index contributed by atoms with van der Waals surface area (Å²) in [5.41, 5.74) is 5.00. The van der Waals surface area contributed by atoms with Crippen LogP contribution in [0.5, 0.6) is 0 Å². The van der Waals surface area contributed by atoms with Gasteiger partial charge in [0.25, 0.3) is 0 Å². The lowest BCUT2D eigenvalue weighted by Gasteiger charge is -2.29. The monoisotopic (exact) mass is 271 g/mol. The van der Waals surface area contributed by atoms with Crippen molar-refractivity contribution in [2.75, 3.05) is 13.1 Å². The number of primary amides is 1. The molecule has 1 aliphatic rings. The molecule has 0 atom stereocenters. The molecule has 0 aliphatic heterocycles. The molecule has 0 bridgehead atoms. The Bertz CT molecular complexity index is 335. The number of amides is 3. The van der Waals surface area contributed by atoms with Gasteiger partial charge in [0.15, 0.2) is 0 Å². The molecule has 108 valence electrons. The molecular weight excluding hydrogens is 250 g/mol. The Balaban J connectivity index is 2.51. The largest absolute Gasteiger partial charge is 0.480 e. The van der Waals surface area contributed by atoms with Gasteiger partial charge in [-0.05, 0) is 31.6 Å². The fourth-order valence-corrected chi connectivity index (χ4v) is 2.22. The van der Waals surface area contributed by atoms with Gasteiger partial charge in [-0.2, -0.15) is 0 Å². The molecule has 0 unspecified atom stereocenters. The van der Waals surface area contributed by atoms with Crippen molar-refractivity contribution >= 4 is 17.9 Å². The quantitative estimate of drug-likeness (QED) is 0.660. The third kappa shape index (κ3) is 5.58. The molecule has 0 saturated heterocycles. The highest BCUT2D eigenvalue weighted by Crippen LogP contribution is 2.23. The second kappa shape index (κ2) is 6.96. The maximum absolute atomic E-state index is 11.9. The van der Waals surface area contributed by atoms with E-state index < -0.39 is 24.5 Å². The minimum Gasteiger partial charge on any atom is -0.480 e. The Labute approximate surface area is 112 Å². The van der Waals surface area contributed by atoms with Crippen LogP contribution in [0, 0.1) is 5.92 Å². The maximum atomic E-state index is 11.9. The molecule has 1 saturated carbocycles. The summed E-state index contributed by atoms with van der Waals surface area (Å²) in [5.74, 6) is -1.24. The highest BCUT2D eigenvalue weighted by atomic mass is 16.4. The summed E-state index contributed by atoms with van der Waals surface area (Å²) < 4.78 is 0. The van der Waals surface area contributed by atoms with E-state index >= 15 is 0 Å². The highest BCUT2D eigenvalue weighted by Gasteiger charge is 2.24. The topological polar surface area (TPSA) is 113 Å². The molecule has 0 radical (unpaired) electrons. The van der Waals surface area contributed by atoms with Crippen LogP contribution in [0.4, 0.5) is 4.79 Å². The molecule has 1 fully saturated rings. The number of carbonyl (C=O) groups excluding carboxylic acids is 2. The number of hydrogen-bond donors (Lipinski definition) is 3. The highest BCUT2D eigenvalue weighted by molar-refractivity contribution is 5.86. The van der Waals surface area contributed by atoms with Crippen molar-refractivity contribution in [3.05, 3.63) is 0 Å². The van der Waals surface area contributed by atoms with Crippen molar-refractivity contribution in [2.45, 2.75) is 38.6 Å². The number of nitrogens with one attached hydrogen (secondary N) is 1. The smallest absolute Gasteiger partial charge is 0.323 e. The average molecular weight is 271 g/mol. The van der Waals surface area contributed by atoms with E-state index in [2.05, 4.69) is 12.2 Å². The number of rotatable bonds is 5. The summed E-state index contributed by atoms with van der Waals surface area (Å²) in [7, 11) is 0. The first-order valence-corrected chi connectivity index (χ1v) is 6.44. The fourth-order valence-electron chi connectivity index (χ4n) is 2.22. The van der Waals surface area contributed by atoms with E-state index in [-0.39, 0.29) is 12.6 Å². The van der Waals surface area contributed by atoms with E-state index in [4.69, 9.17) is 10.8 Å².